The highest BCUT2D eigenvalue weighted by molar-refractivity contribution is 6.06. The predicted molar refractivity (Wildman–Crippen MR) is 189 cm³/mol. The highest BCUT2D eigenvalue weighted by Gasteiger charge is 2.40. The molecule has 2 aliphatic rings. The zero-order valence-corrected chi connectivity index (χ0v) is 28.8. The number of aliphatic hydroxyl groups excluding tert-OH is 2. The molecule has 12 nitrogen and oxygen atoms in total. The molecule has 4 N–H and O–H groups in total. The Morgan fingerprint density at radius 1 is 0.923 bits per heavy atom. The first-order valence-electron chi connectivity index (χ1n) is 17.2. The second kappa shape index (κ2) is 16.9. The molecule has 3 amide bonds. The van der Waals surface area contributed by atoms with E-state index in [1.54, 1.807) is 24.3 Å². The van der Waals surface area contributed by atoms with Crippen molar-refractivity contribution in [2.45, 2.75) is 63.2 Å². The van der Waals surface area contributed by atoms with E-state index in [0.29, 0.717) is 30.6 Å². The van der Waals surface area contributed by atoms with Crippen LogP contribution in [0.1, 0.15) is 64.7 Å². The molecule has 2 heterocycles. The van der Waals surface area contributed by atoms with E-state index in [1.165, 1.54) is 0 Å². The molecule has 0 aromatic heterocycles. The topological polar surface area (TPSA) is 158 Å². The van der Waals surface area contributed by atoms with Crippen molar-refractivity contribution in [3.8, 4) is 5.75 Å². The van der Waals surface area contributed by atoms with Crippen LogP contribution in [0.4, 0.5) is 4.79 Å². The lowest BCUT2D eigenvalue weighted by Gasteiger charge is -2.38. The van der Waals surface area contributed by atoms with Crippen molar-refractivity contribution in [3.05, 3.63) is 137 Å². The second-order valence-electron chi connectivity index (χ2n) is 13.2. The summed E-state index contributed by atoms with van der Waals surface area (Å²) >= 11 is 0. The summed E-state index contributed by atoms with van der Waals surface area (Å²) < 4.78 is 18.1. The molecular formula is C40H43N3O9. The fourth-order valence-electron chi connectivity index (χ4n) is 6.42. The van der Waals surface area contributed by atoms with Crippen LogP contribution in [0.2, 0.25) is 0 Å². The van der Waals surface area contributed by atoms with E-state index in [9.17, 15) is 29.7 Å². The summed E-state index contributed by atoms with van der Waals surface area (Å²) in [4.78, 5) is 41.4. The lowest BCUT2D eigenvalue weighted by Crippen LogP contribution is -2.41. The van der Waals surface area contributed by atoms with Crippen molar-refractivity contribution >= 4 is 17.9 Å². The highest BCUT2D eigenvalue weighted by Crippen LogP contribution is 2.38. The number of benzene rings is 4. The number of phenolic OH excluding ortho intramolecular Hbond substituents is 1. The number of nitrogens with one attached hydrogen (secondary N) is 1. The minimum Gasteiger partial charge on any atom is -0.508 e. The van der Waals surface area contributed by atoms with Crippen molar-refractivity contribution < 1.29 is 43.9 Å². The Morgan fingerprint density at radius 3 is 2.35 bits per heavy atom. The summed E-state index contributed by atoms with van der Waals surface area (Å²) in [5, 5.41) is 32.7. The standard InChI is InChI=1S/C40H43N3O9/c1-42(23-35(46)31-8-5-9-32(45)18-31)22-33-19-36(29-14-12-27(24-44)13-15-29)52-39(51-33)30-16-10-26(11-17-30)21-43-37(47)20-34(38(43)48)41-40(49)50-25-28-6-3-2-4-7-28/h2-18,33-36,39,44-46H,19-25H2,1H3,(H,41,49). The summed E-state index contributed by atoms with van der Waals surface area (Å²) in [5.41, 5.74) is 4.60. The number of carbonyl (C=O) groups excluding carboxylic acids is 3. The largest absolute Gasteiger partial charge is 0.508 e. The van der Waals surface area contributed by atoms with Crippen LogP contribution in [-0.4, -0.2) is 75.3 Å². The number of hydrogen-bond donors (Lipinski definition) is 4. The van der Waals surface area contributed by atoms with Gasteiger partial charge in [-0.05, 0) is 47.0 Å². The number of nitrogens with zero attached hydrogens (tertiary/aromatic N) is 2. The van der Waals surface area contributed by atoms with Crippen LogP contribution in [0.25, 0.3) is 0 Å². The number of amides is 3. The fourth-order valence-corrected chi connectivity index (χ4v) is 6.42. The van der Waals surface area contributed by atoms with Gasteiger partial charge in [-0.25, -0.2) is 4.79 Å². The van der Waals surface area contributed by atoms with E-state index in [2.05, 4.69) is 5.32 Å². The average Bonchev–Trinajstić information content (AvgIpc) is 3.41. The molecule has 6 rings (SSSR count). The number of ether oxygens (including phenoxy) is 3. The van der Waals surface area contributed by atoms with Crippen LogP contribution in [0.5, 0.6) is 5.75 Å². The van der Waals surface area contributed by atoms with E-state index < -0.39 is 36.3 Å². The van der Waals surface area contributed by atoms with E-state index in [4.69, 9.17) is 14.2 Å². The first kappa shape index (κ1) is 36.7. The van der Waals surface area contributed by atoms with Crippen LogP contribution in [0.15, 0.2) is 103 Å². The van der Waals surface area contributed by atoms with Gasteiger partial charge in [0.2, 0.25) is 5.91 Å². The number of carbonyl (C=O) groups is 3. The summed E-state index contributed by atoms with van der Waals surface area (Å²) in [7, 11) is 1.90. The van der Waals surface area contributed by atoms with Gasteiger partial charge in [0.1, 0.15) is 18.4 Å². The van der Waals surface area contributed by atoms with Crippen LogP contribution < -0.4 is 5.32 Å². The Hall–Kier alpha value is -5.11. The van der Waals surface area contributed by atoms with Crippen molar-refractivity contribution in [2.75, 3.05) is 20.1 Å². The molecule has 5 atom stereocenters. The molecule has 4 aromatic rings. The Labute approximate surface area is 302 Å². The molecule has 0 aliphatic carbocycles. The van der Waals surface area contributed by atoms with Gasteiger partial charge in [-0.2, -0.15) is 0 Å². The quantitative estimate of drug-likeness (QED) is 0.144. The minimum absolute atomic E-state index is 0.0380. The van der Waals surface area contributed by atoms with Crippen LogP contribution in [0, 0.1) is 0 Å². The number of imide groups is 1. The van der Waals surface area contributed by atoms with Gasteiger partial charge >= 0.3 is 6.09 Å². The van der Waals surface area contributed by atoms with Gasteiger partial charge < -0.3 is 39.7 Å². The SMILES string of the molecule is CN(CC1CC(c2ccc(CO)cc2)OC(c2ccc(CN3C(=O)CC(NC(=O)OCc4ccccc4)C3=O)cc2)O1)CC(O)c1cccc(O)c1. The molecule has 0 radical (unpaired) electrons. The van der Waals surface area contributed by atoms with Gasteiger partial charge in [-0.15, -0.1) is 0 Å². The van der Waals surface area contributed by atoms with E-state index in [-0.39, 0.29) is 44.1 Å². The smallest absolute Gasteiger partial charge is 0.408 e. The Bertz CT molecular complexity index is 1820. The first-order chi connectivity index (χ1) is 25.1. The maximum Gasteiger partial charge on any atom is 0.408 e. The van der Waals surface area contributed by atoms with Gasteiger partial charge in [0, 0.05) is 25.1 Å². The molecule has 5 unspecified atom stereocenters. The Morgan fingerprint density at radius 2 is 1.63 bits per heavy atom. The maximum absolute atomic E-state index is 13.1. The second-order valence-corrected chi connectivity index (χ2v) is 13.2. The molecule has 0 saturated carbocycles. The number of likely N-dealkylation sites (tertiary alicyclic amines) is 1. The Kier molecular flexibility index (Phi) is 11.9. The van der Waals surface area contributed by atoms with Crippen molar-refractivity contribution in [3.63, 3.8) is 0 Å². The Balaban J connectivity index is 1.09. The summed E-state index contributed by atoms with van der Waals surface area (Å²) in [5.74, 6) is -0.800. The first-order valence-corrected chi connectivity index (χ1v) is 17.2. The van der Waals surface area contributed by atoms with E-state index >= 15 is 0 Å². The molecule has 4 aromatic carbocycles. The molecule has 0 bridgehead atoms. The van der Waals surface area contributed by atoms with Gasteiger partial charge in [0.05, 0.1) is 37.9 Å². The lowest BCUT2D eigenvalue weighted by molar-refractivity contribution is -0.252. The zero-order valence-electron chi connectivity index (χ0n) is 28.8. The number of hydrogen-bond acceptors (Lipinski definition) is 10. The third kappa shape index (κ3) is 9.40. The van der Waals surface area contributed by atoms with Crippen LogP contribution in [0.3, 0.4) is 0 Å². The number of likely N-dealkylation sites (N-methyl/N-ethyl adjacent to an activating group) is 1. The van der Waals surface area contributed by atoms with E-state index in [1.807, 2.05) is 90.8 Å². The van der Waals surface area contributed by atoms with Gasteiger partial charge in [0.15, 0.2) is 6.29 Å². The molecule has 2 saturated heterocycles. The van der Waals surface area contributed by atoms with Crippen LogP contribution in [-0.2, 0) is 43.6 Å². The lowest BCUT2D eigenvalue weighted by atomic mass is 9.99. The minimum atomic E-state index is -1.00. The average molecular weight is 710 g/mol. The molecule has 2 aliphatic heterocycles. The molecule has 12 heteroatoms. The van der Waals surface area contributed by atoms with E-state index in [0.717, 1.165) is 27.2 Å². The molecular weight excluding hydrogens is 666 g/mol. The van der Waals surface area contributed by atoms with Crippen LogP contribution >= 0.6 is 0 Å². The van der Waals surface area contributed by atoms with Gasteiger partial charge in [-0.1, -0.05) is 91.0 Å². The fraction of sp³-hybridized carbons (Fsp3) is 0.325. The highest BCUT2D eigenvalue weighted by atomic mass is 16.7. The predicted octanol–water partition coefficient (Wildman–Crippen LogP) is 4.65. The molecule has 0 spiro atoms. The van der Waals surface area contributed by atoms with Gasteiger partial charge in [-0.3, -0.25) is 14.5 Å². The van der Waals surface area contributed by atoms with Crippen molar-refractivity contribution in [2.24, 2.45) is 0 Å². The van der Waals surface area contributed by atoms with Crippen molar-refractivity contribution in [1.82, 2.24) is 15.1 Å². The normalized spacial score (nSPS) is 21.0. The number of aromatic hydroxyl groups is 1. The third-order valence-electron chi connectivity index (χ3n) is 9.21. The summed E-state index contributed by atoms with van der Waals surface area (Å²) in [6.45, 7) is 0.831. The zero-order chi connectivity index (χ0) is 36.6. The van der Waals surface area contributed by atoms with Gasteiger partial charge in [0.25, 0.3) is 5.91 Å². The monoisotopic (exact) mass is 709 g/mol. The number of alkyl carbamates (subject to hydrolysis) is 1. The molecule has 272 valence electrons. The molecule has 2 fully saturated rings. The third-order valence-corrected chi connectivity index (χ3v) is 9.21. The maximum atomic E-state index is 13.1. The molecule has 52 heavy (non-hydrogen) atoms. The number of aliphatic hydroxyl groups is 2. The van der Waals surface area contributed by atoms with Crippen molar-refractivity contribution in [1.29, 1.82) is 0 Å². The summed E-state index contributed by atoms with van der Waals surface area (Å²) in [6.07, 6.45) is -2.50. The number of rotatable bonds is 13. The summed E-state index contributed by atoms with van der Waals surface area (Å²) in [6, 6.07) is 29.6. The number of phenols is 1.